The van der Waals surface area contributed by atoms with Gasteiger partial charge in [-0.25, -0.2) is 18.1 Å². The van der Waals surface area contributed by atoms with Crippen molar-refractivity contribution >= 4 is 45.0 Å². The molecule has 58 heavy (non-hydrogen) atoms. The van der Waals surface area contributed by atoms with E-state index in [1.807, 2.05) is 53.4 Å². The Labute approximate surface area is 344 Å². The standard InChI is InChI=1S/C40H42Cl2F2N6O7S/c1-55-37-22(18-45-19-25-10-14-34(51)46-25)9-12-32(47-37)30-8-4-7-29(35(30)42)26-5-3-6-28-27(26)11-13-33(28)57-39-31(41)17-24(38(48-39)56-2)21-50-16-15-23(20-50)36(52)49-58(53,54)40(43)44/h3-9,12,17,23,25,33,40,45H,10-11,13-16,18-21H2,1-2H3,(H,46,51)(H,49,52)/t23-,25+,33+/m1/s1. The van der Waals surface area contributed by atoms with Gasteiger partial charge in [0.1, 0.15) is 11.1 Å². The zero-order chi connectivity index (χ0) is 41.1. The molecule has 7 rings (SSSR count). The Morgan fingerprint density at radius 2 is 1.69 bits per heavy atom. The summed E-state index contributed by atoms with van der Waals surface area (Å²) in [7, 11) is -1.99. The molecular formula is C40H42Cl2F2N6O7S. The van der Waals surface area contributed by atoms with E-state index in [1.54, 1.807) is 13.2 Å². The Hall–Kier alpha value is -4.61. The number of nitrogens with one attached hydrogen (secondary N) is 3. The minimum Gasteiger partial charge on any atom is -0.481 e. The van der Waals surface area contributed by atoms with Crippen LogP contribution >= 0.6 is 23.2 Å². The van der Waals surface area contributed by atoms with Gasteiger partial charge in [-0.2, -0.15) is 13.8 Å². The van der Waals surface area contributed by atoms with Gasteiger partial charge in [0.15, 0.2) is 0 Å². The van der Waals surface area contributed by atoms with Crippen LogP contribution in [0.2, 0.25) is 10.0 Å². The quantitative estimate of drug-likeness (QED) is 0.128. The second-order valence-corrected chi connectivity index (χ2v) is 16.9. The number of fused-ring (bicyclic) bond motifs is 1. The number of sulfonamides is 1. The Bertz CT molecular complexity index is 2320. The number of likely N-dealkylation sites (tertiary alicyclic amines) is 1. The topological polar surface area (TPSA) is 161 Å². The maximum Gasteiger partial charge on any atom is 0.355 e. The van der Waals surface area contributed by atoms with Crippen LogP contribution in [0.1, 0.15) is 54.0 Å². The van der Waals surface area contributed by atoms with E-state index in [1.165, 1.54) is 11.8 Å². The number of benzene rings is 2. The van der Waals surface area contributed by atoms with E-state index in [4.69, 9.17) is 42.4 Å². The Morgan fingerprint density at radius 1 is 0.948 bits per heavy atom. The van der Waals surface area contributed by atoms with Gasteiger partial charge in [0, 0.05) is 60.9 Å². The summed E-state index contributed by atoms with van der Waals surface area (Å²) in [4.78, 5) is 35.2. The Balaban J connectivity index is 1.04. The van der Waals surface area contributed by atoms with E-state index in [0.29, 0.717) is 61.1 Å². The average Bonchev–Trinajstić information content (AvgIpc) is 3.96. The van der Waals surface area contributed by atoms with Crippen LogP contribution in [-0.4, -0.2) is 80.8 Å². The number of pyridine rings is 2. The molecule has 0 radical (unpaired) electrons. The first-order chi connectivity index (χ1) is 27.8. The second kappa shape index (κ2) is 17.7. The molecule has 3 N–H and O–H groups in total. The Morgan fingerprint density at radius 3 is 2.43 bits per heavy atom. The van der Waals surface area contributed by atoms with Crippen LogP contribution in [-0.2, 0) is 39.1 Å². The van der Waals surface area contributed by atoms with Crippen molar-refractivity contribution in [3.8, 4) is 40.0 Å². The fraction of sp³-hybridized carbons (Fsp3) is 0.400. The van der Waals surface area contributed by atoms with Crippen molar-refractivity contribution in [1.29, 1.82) is 0 Å². The number of halogens is 4. The molecule has 1 aliphatic carbocycles. The molecule has 2 fully saturated rings. The third kappa shape index (κ3) is 9.00. The second-order valence-electron chi connectivity index (χ2n) is 14.4. The van der Waals surface area contributed by atoms with Gasteiger partial charge in [-0.1, -0.05) is 65.7 Å². The first-order valence-electron chi connectivity index (χ1n) is 18.8. The third-order valence-corrected chi connectivity index (χ3v) is 12.3. The van der Waals surface area contributed by atoms with Crippen molar-refractivity contribution < 1.29 is 41.0 Å². The number of hydrogen-bond donors (Lipinski definition) is 3. The highest BCUT2D eigenvalue weighted by atomic mass is 35.5. The lowest BCUT2D eigenvalue weighted by Crippen LogP contribution is -2.39. The molecule has 2 aromatic carbocycles. The summed E-state index contributed by atoms with van der Waals surface area (Å²) in [5.41, 5.74) is 6.80. The highest BCUT2D eigenvalue weighted by Crippen LogP contribution is 2.45. The van der Waals surface area contributed by atoms with Crippen LogP contribution in [0.5, 0.6) is 17.6 Å². The number of carbonyl (C=O) groups excluding carboxylic acids is 2. The minimum atomic E-state index is -5.03. The normalized spacial score (nSPS) is 19.3. The van der Waals surface area contributed by atoms with Crippen molar-refractivity contribution in [2.24, 2.45) is 5.92 Å². The summed E-state index contributed by atoms with van der Waals surface area (Å²) in [5.74, 6) is -4.44. The SMILES string of the molecule is COc1nc(-c2cccc(-c3cccc4c3CC[C@@H]4Oc3nc(OC)c(CN4CC[C@@H](C(=O)NS(=O)(=O)C(F)F)C4)cc3Cl)c2Cl)ccc1CNC[C@@H]1CCC(=O)N1. The van der Waals surface area contributed by atoms with Gasteiger partial charge in [0.2, 0.25) is 29.5 Å². The Kier molecular flexibility index (Phi) is 12.7. The molecule has 0 spiro atoms. The molecule has 2 saturated heterocycles. The van der Waals surface area contributed by atoms with E-state index in [-0.39, 0.29) is 54.3 Å². The van der Waals surface area contributed by atoms with Crippen LogP contribution in [0, 0.1) is 5.92 Å². The average molecular weight is 860 g/mol. The lowest BCUT2D eigenvalue weighted by molar-refractivity contribution is -0.123. The van der Waals surface area contributed by atoms with Crippen molar-refractivity contribution in [2.45, 2.75) is 63.1 Å². The number of carbonyl (C=O) groups is 2. The molecule has 308 valence electrons. The van der Waals surface area contributed by atoms with Crippen LogP contribution in [0.15, 0.2) is 54.6 Å². The van der Waals surface area contributed by atoms with Gasteiger partial charge < -0.3 is 24.8 Å². The molecule has 2 aromatic heterocycles. The maximum absolute atomic E-state index is 12.8. The van der Waals surface area contributed by atoms with E-state index in [0.717, 1.165) is 39.8 Å². The van der Waals surface area contributed by atoms with Gasteiger partial charge >= 0.3 is 5.76 Å². The molecular weight excluding hydrogens is 817 g/mol. The number of alkyl halides is 2. The summed E-state index contributed by atoms with van der Waals surface area (Å²) in [6.07, 6.45) is 2.66. The van der Waals surface area contributed by atoms with E-state index < -0.39 is 27.6 Å². The van der Waals surface area contributed by atoms with Crippen molar-refractivity contribution in [3.05, 3.63) is 86.9 Å². The van der Waals surface area contributed by atoms with Crippen molar-refractivity contribution in [3.63, 3.8) is 0 Å². The minimum absolute atomic E-state index is 0.0798. The number of hydrogen-bond acceptors (Lipinski definition) is 11. The van der Waals surface area contributed by atoms with E-state index in [9.17, 15) is 26.8 Å². The van der Waals surface area contributed by atoms with Gasteiger partial charge in [-0.15, -0.1) is 0 Å². The summed E-state index contributed by atoms with van der Waals surface area (Å²) in [6, 6.07) is 17.6. The number of nitrogens with zero attached hydrogens (tertiary/aromatic N) is 3. The van der Waals surface area contributed by atoms with Crippen molar-refractivity contribution in [2.75, 3.05) is 33.9 Å². The highest BCUT2D eigenvalue weighted by Gasteiger charge is 2.35. The number of aromatic nitrogens is 2. The summed E-state index contributed by atoms with van der Waals surface area (Å²) < 4.78 is 67.7. The first-order valence-corrected chi connectivity index (χ1v) is 21.1. The molecule has 3 aliphatic rings. The largest absolute Gasteiger partial charge is 0.481 e. The maximum atomic E-state index is 12.8. The van der Waals surface area contributed by atoms with Crippen LogP contribution < -0.4 is 29.6 Å². The molecule has 0 unspecified atom stereocenters. The monoisotopic (exact) mass is 858 g/mol. The predicted molar refractivity (Wildman–Crippen MR) is 213 cm³/mol. The van der Waals surface area contributed by atoms with Crippen LogP contribution in [0.25, 0.3) is 22.4 Å². The van der Waals surface area contributed by atoms with Gasteiger partial charge in [-0.3, -0.25) is 14.5 Å². The first kappa shape index (κ1) is 41.5. The molecule has 4 heterocycles. The molecule has 0 saturated carbocycles. The number of ether oxygens (including phenoxy) is 3. The number of methoxy groups -OCH3 is 2. The van der Waals surface area contributed by atoms with Gasteiger partial charge in [0.25, 0.3) is 10.0 Å². The van der Waals surface area contributed by atoms with Gasteiger partial charge in [-0.05, 0) is 61.1 Å². The van der Waals surface area contributed by atoms with Crippen LogP contribution in [0.3, 0.4) is 0 Å². The van der Waals surface area contributed by atoms with E-state index >= 15 is 0 Å². The zero-order valence-electron chi connectivity index (χ0n) is 31.7. The third-order valence-electron chi connectivity index (χ3n) is 10.6. The molecule has 2 amide bonds. The number of amides is 2. The molecule has 3 atom stereocenters. The lowest BCUT2D eigenvalue weighted by atomic mass is 9.94. The fourth-order valence-electron chi connectivity index (χ4n) is 7.77. The number of rotatable bonds is 15. The molecule has 13 nitrogen and oxygen atoms in total. The predicted octanol–water partition coefficient (Wildman–Crippen LogP) is 6.06. The van der Waals surface area contributed by atoms with E-state index in [2.05, 4.69) is 15.6 Å². The highest BCUT2D eigenvalue weighted by molar-refractivity contribution is 7.90. The molecule has 18 heteroatoms. The molecule has 4 aromatic rings. The fourth-order valence-corrected chi connectivity index (χ4v) is 8.85. The lowest BCUT2D eigenvalue weighted by Gasteiger charge is -2.20. The molecule has 2 aliphatic heterocycles. The summed E-state index contributed by atoms with van der Waals surface area (Å²) in [5, 5.41) is 7.15. The van der Waals surface area contributed by atoms with Gasteiger partial charge in [0.05, 0.1) is 30.9 Å². The van der Waals surface area contributed by atoms with Crippen LogP contribution in [0.4, 0.5) is 8.78 Å². The zero-order valence-corrected chi connectivity index (χ0v) is 34.0. The smallest absolute Gasteiger partial charge is 0.355 e. The van der Waals surface area contributed by atoms with Crippen molar-refractivity contribution in [1.82, 2.24) is 30.2 Å². The summed E-state index contributed by atoms with van der Waals surface area (Å²) >= 11 is 13.9. The summed E-state index contributed by atoms with van der Waals surface area (Å²) in [6.45, 7) is 2.01. The molecule has 0 bridgehead atoms.